The van der Waals surface area contributed by atoms with Crippen LogP contribution in [0.3, 0.4) is 0 Å². The standard InChI is InChI=1S/C19H17Br2N3O2/c1-26-17-6-14-16(7-15(17)21)22-10-23-18(14)24-19(8-13(25)9-19)11-2-4-12(20)5-3-11/h2-7,10,13,25H,8-9H2,1H3,(H,22,23,24). The van der Waals surface area contributed by atoms with Crippen LogP contribution in [0.2, 0.25) is 0 Å². The molecule has 7 heteroatoms. The lowest BCUT2D eigenvalue weighted by Crippen LogP contribution is -2.50. The maximum atomic E-state index is 10.0. The van der Waals surface area contributed by atoms with Crippen molar-refractivity contribution in [2.24, 2.45) is 0 Å². The highest BCUT2D eigenvalue weighted by atomic mass is 79.9. The largest absolute Gasteiger partial charge is 0.496 e. The first-order valence-corrected chi connectivity index (χ1v) is 9.80. The zero-order valence-corrected chi connectivity index (χ0v) is 17.2. The molecule has 134 valence electrons. The van der Waals surface area contributed by atoms with Crippen molar-refractivity contribution in [3.8, 4) is 5.75 Å². The molecular formula is C19H17Br2N3O2. The van der Waals surface area contributed by atoms with Crippen LogP contribution in [0.15, 0.2) is 51.7 Å². The van der Waals surface area contributed by atoms with E-state index in [0.29, 0.717) is 12.8 Å². The number of anilines is 1. The van der Waals surface area contributed by atoms with E-state index in [-0.39, 0.29) is 11.6 Å². The average molecular weight is 479 g/mol. The van der Waals surface area contributed by atoms with Gasteiger partial charge in [-0.25, -0.2) is 9.97 Å². The summed E-state index contributed by atoms with van der Waals surface area (Å²) in [7, 11) is 1.63. The first kappa shape index (κ1) is 17.7. The summed E-state index contributed by atoms with van der Waals surface area (Å²) in [5.41, 5.74) is 1.60. The van der Waals surface area contributed by atoms with Gasteiger partial charge in [-0.15, -0.1) is 0 Å². The Balaban J connectivity index is 1.78. The molecule has 2 N–H and O–H groups in total. The molecule has 3 aromatic rings. The van der Waals surface area contributed by atoms with Crippen molar-refractivity contribution in [1.29, 1.82) is 0 Å². The minimum atomic E-state index is -0.346. The second kappa shape index (κ2) is 6.79. The van der Waals surface area contributed by atoms with E-state index in [9.17, 15) is 5.11 Å². The van der Waals surface area contributed by atoms with E-state index >= 15 is 0 Å². The van der Waals surface area contributed by atoms with Crippen molar-refractivity contribution in [2.75, 3.05) is 12.4 Å². The van der Waals surface area contributed by atoms with Crippen LogP contribution < -0.4 is 10.1 Å². The summed E-state index contributed by atoms with van der Waals surface area (Å²) < 4.78 is 7.29. The number of aliphatic hydroxyl groups is 1. The zero-order valence-electron chi connectivity index (χ0n) is 14.0. The molecule has 5 nitrogen and oxygen atoms in total. The molecule has 0 aliphatic heterocycles. The third-order valence-corrected chi connectivity index (χ3v) is 5.98. The quantitative estimate of drug-likeness (QED) is 0.572. The molecule has 1 saturated carbocycles. The molecule has 4 rings (SSSR count). The lowest BCUT2D eigenvalue weighted by molar-refractivity contribution is 0.0317. The van der Waals surface area contributed by atoms with Gasteiger partial charge in [0.25, 0.3) is 0 Å². The smallest absolute Gasteiger partial charge is 0.138 e. The molecule has 0 atom stereocenters. The van der Waals surface area contributed by atoms with Crippen molar-refractivity contribution in [2.45, 2.75) is 24.5 Å². The van der Waals surface area contributed by atoms with Crippen molar-refractivity contribution in [3.05, 3.63) is 57.2 Å². The topological polar surface area (TPSA) is 67.3 Å². The van der Waals surface area contributed by atoms with Crippen LogP contribution in [0.1, 0.15) is 18.4 Å². The number of halogens is 2. The lowest BCUT2D eigenvalue weighted by Gasteiger charge is -2.47. The number of benzene rings is 2. The van der Waals surface area contributed by atoms with Gasteiger partial charge in [0.1, 0.15) is 17.9 Å². The summed E-state index contributed by atoms with van der Waals surface area (Å²) in [6.45, 7) is 0. The van der Waals surface area contributed by atoms with E-state index in [0.717, 1.165) is 37.0 Å². The number of hydrogen-bond acceptors (Lipinski definition) is 5. The summed E-state index contributed by atoms with van der Waals surface area (Å²) in [5.74, 6) is 1.46. The molecule has 1 fully saturated rings. The van der Waals surface area contributed by atoms with Crippen LogP contribution in [0, 0.1) is 0 Å². The first-order chi connectivity index (χ1) is 12.5. The first-order valence-electron chi connectivity index (χ1n) is 8.21. The Morgan fingerprint density at radius 1 is 1.15 bits per heavy atom. The second-order valence-corrected chi connectivity index (χ2v) is 8.27. The zero-order chi connectivity index (χ0) is 18.3. The van der Waals surface area contributed by atoms with Gasteiger partial charge >= 0.3 is 0 Å². The number of aliphatic hydroxyl groups excluding tert-OH is 1. The Morgan fingerprint density at radius 3 is 2.54 bits per heavy atom. The molecule has 0 bridgehead atoms. The molecule has 0 saturated heterocycles. The number of fused-ring (bicyclic) bond motifs is 1. The third kappa shape index (κ3) is 3.08. The molecule has 1 heterocycles. The van der Waals surface area contributed by atoms with Crippen LogP contribution in [-0.4, -0.2) is 28.3 Å². The van der Waals surface area contributed by atoms with Crippen molar-refractivity contribution in [1.82, 2.24) is 9.97 Å². The van der Waals surface area contributed by atoms with Gasteiger partial charge in [-0.3, -0.25) is 0 Å². The Bertz CT molecular complexity index is 957. The summed E-state index contributed by atoms with van der Waals surface area (Å²) in [5, 5.41) is 14.5. The molecule has 1 aromatic heterocycles. The van der Waals surface area contributed by atoms with E-state index in [1.807, 2.05) is 24.3 Å². The minimum absolute atomic E-state index is 0.317. The molecular weight excluding hydrogens is 462 g/mol. The van der Waals surface area contributed by atoms with Gasteiger partial charge in [-0.2, -0.15) is 0 Å². The fraction of sp³-hybridized carbons (Fsp3) is 0.263. The van der Waals surface area contributed by atoms with Crippen molar-refractivity contribution < 1.29 is 9.84 Å². The second-order valence-electron chi connectivity index (χ2n) is 6.50. The van der Waals surface area contributed by atoms with E-state index in [1.54, 1.807) is 13.4 Å². The van der Waals surface area contributed by atoms with Gasteiger partial charge in [0.05, 0.1) is 28.7 Å². The van der Waals surface area contributed by atoms with Crippen LogP contribution in [-0.2, 0) is 5.54 Å². The number of aromatic nitrogens is 2. The number of rotatable bonds is 4. The fourth-order valence-corrected chi connectivity index (χ4v) is 4.22. The Kier molecular flexibility index (Phi) is 4.62. The molecule has 0 spiro atoms. The number of hydrogen-bond donors (Lipinski definition) is 2. The lowest BCUT2D eigenvalue weighted by atomic mass is 9.69. The highest BCUT2D eigenvalue weighted by Gasteiger charge is 2.45. The van der Waals surface area contributed by atoms with Gasteiger partial charge in [0.15, 0.2) is 0 Å². The Morgan fingerprint density at radius 2 is 1.88 bits per heavy atom. The maximum Gasteiger partial charge on any atom is 0.138 e. The molecule has 0 unspecified atom stereocenters. The summed E-state index contributed by atoms with van der Waals surface area (Å²) in [4.78, 5) is 8.82. The third-order valence-electron chi connectivity index (χ3n) is 4.83. The summed E-state index contributed by atoms with van der Waals surface area (Å²) >= 11 is 6.97. The average Bonchev–Trinajstić information content (AvgIpc) is 2.60. The number of nitrogens with zero attached hydrogens (tertiary/aromatic N) is 2. The maximum absolute atomic E-state index is 10.0. The van der Waals surface area contributed by atoms with E-state index in [2.05, 4.69) is 59.3 Å². The van der Waals surface area contributed by atoms with Crippen molar-refractivity contribution in [3.63, 3.8) is 0 Å². The normalized spacial score (nSPS) is 22.1. The van der Waals surface area contributed by atoms with Gasteiger partial charge < -0.3 is 15.2 Å². The van der Waals surface area contributed by atoms with E-state index in [1.165, 1.54) is 0 Å². The monoisotopic (exact) mass is 477 g/mol. The SMILES string of the molecule is COc1cc2c(NC3(c4ccc(Br)cc4)CC(O)C3)ncnc2cc1Br. The molecule has 26 heavy (non-hydrogen) atoms. The van der Waals surface area contributed by atoms with Gasteiger partial charge in [-0.1, -0.05) is 28.1 Å². The Hall–Kier alpha value is -1.70. The minimum Gasteiger partial charge on any atom is -0.496 e. The van der Waals surface area contributed by atoms with Crippen LogP contribution >= 0.6 is 31.9 Å². The molecule has 2 aromatic carbocycles. The predicted octanol–water partition coefficient (Wildman–Crippen LogP) is 4.63. The van der Waals surface area contributed by atoms with Gasteiger partial charge in [0.2, 0.25) is 0 Å². The highest BCUT2D eigenvalue weighted by molar-refractivity contribution is 9.10. The summed E-state index contributed by atoms with van der Waals surface area (Å²) in [6.07, 6.45) is 2.50. The molecule has 1 aliphatic rings. The van der Waals surface area contributed by atoms with Gasteiger partial charge in [-0.05, 0) is 45.8 Å². The van der Waals surface area contributed by atoms with Crippen LogP contribution in [0.25, 0.3) is 10.9 Å². The van der Waals surface area contributed by atoms with Gasteiger partial charge in [0, 0.05) is 22.7 Å². The van der Waals surface area contributed by atoms with E-state index < -0.39 is 0 Å². The highest BCUT2D eigenvalue weighted by Crippen LogP contribution is 2.45. The van der Waals surface area contributed by atoms with Crippen LogP contribution in [0.5, 0.6) is 5.75 Å². The molecule has 0 radical (unpaired) electrons. The molecule has 1 aliphatic carbocycles. The summed E-state index contributed by atoms with van der Waals surface area (Å²) in [6, 6.07) is 12.0. The number of methoxy groups -OCH3 is 1. The number of nitrogens with one attached hydrogen (secondary N) is 1. The van der Waals surface area contributed by atoms with E-state index in [4.69, 9.17) is 4.74 Å². The Labute approximate surface area is 168 Å². The molecule has 0 amide bonds. The van der Waals surface area contributed by atoms with Crippen molar-refractivity contribution >= 4 is 48.6 Å². The van der Waals surface area contributed by atoms with Crippen LogP contribution in [0.4, 0.5) is 5.82 Å². The number of ether oxygens (including phenoxy) is 1. The fourth-order valence-electron chi connectivity index (χ4n) is 3.46. The predicted molar refractivity (Wildman–Crippen MR) is 108 cm³/mol.